The number of rotatable bonds is 6. The highest BCUT2D eigenvalue weighted by Gasteiger charge is 2.05. The first kappa shape index (κ1) is 14.8. The van der Waals surface area contributed by atoms with Crippen LogP contribution in [0.4, 0.5) is 5.69 Å². The number of halogens is 1. The minimum Gasteiger partial charge on any atom is -0.482 e. The Bertz CT molecular complexity index is 408. The van der Waals surface area contributed by atoms with E-state index in [0.717, 1.165) is 10.9 Å². The predicted molar refractivity (Wildman–Crippen MR) is 76.5 cm³/mol. The Hall–Kier alpha value is -1.23. The van der Waals surface area contributed by atoms with Crippen LogP contribution < -0.4 is 15.8 Å². The molecule has 0 unspecified atom stereocenters. The Morgan fingerprint density at radius 1 is 1.50 bits per heavy atom. The van der Waals surface area contributed by atoms with Crippen molar-refractivity contribution in [1.82, 2.24) is 5.32 Å². The molecule has 0 fully saturated rings. The number of hydrogen-bond acceptors (Lipinski definition) is 3. The lowest BCUT2D eigenvalue weighted by atomic mass is 10.1. The van der Waals surface area contributed by atoms with Gasteiger partial charge in [0.25, 0.3) is 5.91 Å². The van der Waals surface area contributed by atoms with Crippen LogP contribution in [0.25, 0.3) is 0 Å². The van der Waals surface area contributed by atoms with Gasteiger partial charge in [0.15, 0.2) is 6.61 Å². The number of anilines is 1. The molecule has 5 heteroatoms. The van der Waals surface area contributed by atoms with Gasteiger partial charge >= 0.3 is 0 Å². The van der Waals surface area contributed by atoms with Gasteiger partial charge < -0.3 is 15.8 Å². The number of benzene rings is 1. The van der Waals surface area contributed by atoms with Crippen molar-refractivity contribution in [2.45, 2.75) is 20.3 Å². The lowest BCUT2D eigenvalue weighted by Gasteiger charge is -2.10. The smallest absolute Gasteiger partial charge is 0.257 e. The fraction of sp³-hybridized carbons (Fsp3) is 0.462. The molecule has 1 aromatic rings. The molecule has 0 radical (unpaired) electrons. The summed E-state index contributed by atoms with van der Waals surface area (Å²) in [5, 5.41) is 2.80. The van der Waals surface area contributed by atoms with Crippen LogP contribution in [-0.4, -0.2) is 19.1 Å². The molecular formula is C13H19BrN2O2. The molecular weight excluding hydrogens is 296 g/mol. The first-order chi connectivity index (χ1) is 8.49. The second kappa shape index (κ2) is 7.26. The van der Waals surface area contributed by atoms with E-state index < -0.39 is 0 Å². The van der Waals surface area contributed by atoms with E-state index in [1.807, 2.05) is 6.07 Å². The molecule has 18 heavy (non-hydrogen) atoms. The molecule has 1 rings (SSSR count). The van der Waals surface area contributed by atoms with Crippen molar-refractivity contribution in [3.05, 3.63) is 22.7 Å². The average Bonchev–Trinajstić information content (AvgIpc) is 2.27. The standard InChI is InChI=1S/C13H19BrN2O2/c1-9(2)5-6-16-13(17)8-18-12-4-3-10(14)7-11(12)15/h3-4,7,9H,5-6,8,15H2,1-2H3,(H,16,17). The van der Waals surface area contributed by atoms with Crippen LogP contribution in [0.15, 0.2) is 22.7 Å². The molecule has 100 valence electrons. The summed E-state index contributed by atoms with van der Waals surface area (Å²) in [4.78, 5) is 11.5. The highest BCUT2D eigenvalue weighted by molar-refractivity contribution is 9.10. The Kier molecular flexibility index (Phi) is 5.98. The zero-order chi connectivity index (χ0) is 13.5. The van der Waals surface area contributed by atoms with Crippen LogP contribution in [-0.2, 0) is 4.79 Å². The molecule has 0 aliphatic rings. The minimum absolute atomic E-state index is 0.00999. The molecule has 1 aromatic carbocycles. The van der Waals surface area contributed by atoms with E-state index in [0.29, 0.717) is 23.9 Å². The molecule has 1 amide bonds. The van der Waals surface area contributed by atoms with Gasteiger partial charge in [-0.15, -0.1) is 0 Å². The van der Waals surface area contributed by atoms with Gasteiger partial charge in [-0.1, -0.05) is 29.8 Å². The maximum Gasteiger partial charge on any atom is 0.257 e. The maximum atomic E-state index is 11.5. The van der Waals surface area contributed by atoms with Crippen molar-refractivity contribution in [3.63, 3.8) is 0 Å². The third-order valence-corrected chi connectivity index (χ3v) is 2.87. The van der Waals surface area contributed by atoms with E-state index in [2.05, 4.69) is 35.1 Å². The van der Waals surface area contributed by atoms with Gasteiger partial charge in [-0.2, -0.15) is 0 Å². The van der Waals surface area contributed by atoms with Crippen LogP contribution in [0.5, 0.6) is 5.75 Å². The van der Waals surface area contributed by atoms with Gasteiger partial charge in [0.2, 0.25) is 0 Å². The van der Waals surface area contributed by atoms with E-state index in [-0.39, 0.29) is 12.5 Å². The summed E-state index contributed by atoms with van der Waals surface area (Å²) in [6.07, 6.45) is 0.964. The predicted octanol–water partition coefficient (Wildman–Crippen LogP) is 2.57. The van der Waals surface area contributed by atoms with Crippen molar-refractivity contribution in [1.29, 1.82) is 0 Å². The van der Waals surface area contributed by atoms with Crippen molar-refractivity contribution in [2.24, 2.45) is 5.92 Å². The summed E-state index contributed by atoms with van der Waals surface area (Å²) >= 11 is 3.31. The summed E-state index contributed by atoms with van der Waals surface area (Å²) < 4.78 is 6.24. The van der Waals surface area contributed by atoms with E-state index in [1.165, 1.54) is 0 Å². The lowest BCUT2D eigenvalue weighted by molar-refractivity contribution is -0.123. The zero-order valence-corrected chi connectivity index (χ0v) is 12.3. The number of nitrogens with two attached hydrogens (primary N) is 1. The highest BCUT2D eigenvalue weighted by Crippen LogP contribution is 2.24. The van der Waals surface area contributed by atoms with E-state index in [9.17, 15) is 4.79 Å². The second-order valence-corrected chi connectivity index (χ2v) is 5.42. The molecule has 0 saturated carbocycles. The topological polar surface area (TPSA) is 64.3 Å². The molecule has 3 N–H and O–H groups in total. The van der Waals surface area contributed by atoms with Crippen LogP contribution in [0.2, 0.25) is 0 Å². The Morgan fingerprint density at radius 3 is 2.83 bits per heavy atom. The molecule has 0 heterocycles. The lowest BCUT2D eigenvalue weighted by Crippen LogP contribution is -2.30. The third kappa shape index (κ3) is 5.40. The molecule has 0 spiro atoms. The van der Waals surface area contributed by atoms with Gasteiger partial charge in [0.05, 0.1) is 5.69 Å². The zero-order valence-electron chi connectivity index (χ0n) is 10.7. The van der Waals surface area contributed by atoms with Gasteiger partial charge in [-0.05, 0) is 30.5 Å². The van der Waals surface area contributed by atoms with E-state index >= 15 is 0 Å². The summed E-state index contributed by atoms with van der Waals surface area (Å²) in [7, 11) is 0. The van der Waals surface area contributed by atoms with Crippen molar-refractivity contribution >= 4 is 27.5 Å². The Balaban J connectivity index is 2.33. The van der Waals surface area contributed by atoms with Crippen molar-refractivity contribution in [3.8, 4) is 5.75 Å². The van der Waals surface area contributed by atoms with Crippen molar-refractivity contribution < 1.29 is 9.53 Å². The Morgan fingerprint density at radius 2 is 2.22 bits per heavy atom. The quantitative estimate of drug-likeness (QED) is 0.793. The van der Waals surface area contributed by atoms with E-state index in [1.54, 1.807) is 12.1 Å². The summed E-state index contributed by atoms with van der Waals surface area (Å²) in [5.74, 6) is 0.975. The molecule has 0 aliphatic heterocycles. The van der Waals surface area contributed by atoms with E-state index in [4.69, 9.17) is 10.5 Å². The largest absolute Gasteiger partial charge is 0.482 e. The number of nitrogens with one attached hydrogen (secondary N) is 1. The fourth-order valence-corrected chi connectivity index (χ4v) is 1.72. The first-order valence-corrected chi connectivity index (χ1v) is 6.73. The van der Waals surface area contributed by atoms with Gasteiger partial charge in [-0.3, -0.25) is 4.79 Å². The minimum atomic E-state index is -0.127. The SMILES string of the molecule is CC(C)CCNC(=O)COc1ccc(Br)cc1N. The van der Waals surface area contributed by atoms with Gasteiger partial charge in [0, 0.05) is 11.0 Å². The molecule has 0 aliphatic carbocycles. The molecule has 4 nitrogen and oxygen atoms in total. The van der Waals surface area contributed by atoms with Crippen LogP contribution >= 0.6 is 15.9 Å². The monoisotopic (exact) mass is 314 g/mol. The average molecular weight is 315 g/mol. The molecule has 0 bridgehead atoms. The Labute approximate surface area is 116 Å². The van der Waals surface area contributed by atoms with Gasteiger partial charge in [0.1, 0.15) is 5.75 Å². The normalized spacial score (nSPS) is 10.4. The maximum absolute atomic E-state index is 11.5. The number of nitrogen functional groups attached to an aromatic ring is 1. The number of ether oxygens (including phenoxy) is 1. The summed E-state index contributed by atoms with van der Waals surface area (Å²) in [5.41, 5.74) is 6.27. The number of carbonyl (C=O) groups is 1. The van der Waals surface area contributed by atoms with Crippen molar-refractivity contribution in [2.75, 3.05) is 18.9 Å². The molecule has 0 aromatic heterocycles. The second-order valence-electron chi connectivity index (χ2n) is 4.50. The molecule has 0 atom stereocenters. The van der Waals surface area contributed by atoms with Crippen LogP contribution in [0.1, 0.15) is 20.3 Å². The highest BCUT2D eigenvalue weighted by atomic mass is 79.9. The first-order valence-electron chi connectivity index (χ1n) is 5.93. The number of carbonyl (C=O) groups excluding carboxylic acids is 1. The van der Waals surface area contributed by atoms with Crippen LogP contribution in [0, 0.1) is 5.92 Å². The number of amides is 1. The summed E-state index contributed by atoms with van der Waals surface area (Å²) in [6.45, 7) is 4.90. The summed E-state index contributed by atoms with van der Waals surface area (Å²) in [6, 6.07) is 5.30. The van der Waals surface area contributed by atoms with Gasteiger partial charge in [-0.25, -0.2) is 0 Å². The number of hydrogen-bond donors (Lipinski definition) is 2. The molecule has 0 saturated heterocycles. The third-order valence-electron chi connectivity index (χ3n) is 2.37. The fourth-order valence-electron chi connectivity index (χ4n) is 1.35. The van der Waals surface area contributed by atoms with Crippen LogP contribution in [0.3, 0.4) is 0 Å².